The first-order valence-electron chi connectivity index (χ1n) is 6.11. The van der Waals surface area contributed by atoms with E-state index in [-0.39, 0.29) is 24.5 Å². The number of hydrogen-bond acceptors (Lipinski definition) is 6. The summed E-state index contributed by atoms with van der Waals surface area (Å²) in [6.45, 7) is 4.79. The number of carbonyl (C=O) groups excluding carboxylic acids is 2. The number of nitrogens with one attached hydrogen (secondary N) is 2. The minimum Gasteiger partial charge on any atom is -0.476 e. The van der Waals surface area contributed by atoms with E-state index in [0.29, 0.717) is 0 Å². The number of carboxylic acids is 1. The summed E-state index contributed by atoms with van der Waals surface area (Å²) in [5.74, 6) is -1.94. The molecule has 1 aromatic heterocycles. The molecule has 0 fully saturated rings. The normalized spacial score (nSPS) is 11.0. The molecule has 0 atom stereocenters. The largest absolute Gasteiger partial charge is 0.476 e. The molecule has 0 aromatic carbocycles. The first-order chi connectivity index (χ1) is 9.64. The SMILES string of the molecule is CC(C)(C)NC(=O)NC(=O)Cn1nnc(C(=O)O)c1CN. The molecule has 0 unspecified atom stereocenters. The topological polar surface area (TPSA) is 152 Å². The summed E-state index contributed by atoms with van der Waals surface area (Å²) in [6.07, 6.45) is 0. The van der Waals surface area contributed by atoms with Gasteiger partial charge in [-0.3, -0.25) is 10.1 Å². The number of urea groups is 1. The number of nitrogens with zero attached hydrogens (tertiary/aromatic N) is 3. The average Bonchev–Trinajstić information content (AvgIpc) is 2.68. The second-order valence-electron chi connectivity index (χ2n) is 5.30. The fourth-order valence-corrected chi connectivity index (χ4v) is 1.50. The minimum atomic E-state index is -1.28. The van der Waals surface area contributed by atoms with Gasteiger partial charge in [0.25, 0.3) is 0 Å². The van der Waals surface area contributed by atoms with Crippen molar-refractivity contribution in [3.8, 4) is 0 Å². The molecular weight excluding hydrogens is 280 g/mol. The molecule has 0 bridgehead atoms. The molecule has 0 aliphatic rings. The Kier molecular flexibility index (Phi) is 4.97. The maximum absolute atomic E-state index is 11.7. The fourth-order valence-electron chi connectivity index (χ4n) is 1.50. The lowest BCUT2D eigenvalue weighted by Gasteiger charge is -2.20. The Labute approximate surface area is 120 Å². The van der Waals surface area contributed by atoms with Crippen LogP contribution < -0.4 is 16.4 Å². The zero-order valence-corrected chi connectivity index (χ0v) is 12.0. The number of hydrogen-bond donors (Lipinski definition) is 4. The van der Waals surface area contributed by atoms with Crippen molar-refractivity contribution < 1.29 is 19.5 Å². The second-order valence-corrected chi connectivity index (χ2v) is 5.30. The lowest BCUT2D eigenvalue weighted by atomic mass is 10.1. The van der Waals surface area contributed by atoms with Gasteiger partial charge in [0.15, 0.2) is 5.69 Å². The van der Waals surface area contributed by atoms with E-state index < -0.39 is 23.4 Å². The van der Waals surface area contributed by atoms with Gasteiger partial charge in [-0.25, -0.2) is 14.3 Å². The molecule has 0 aliphatic carbocycles. The summed E-state index contributed by atoms with van der Waals surface area (Å²) in [4.78, 5) is 34.1. The summed E-state index contributed by atoms with van der Waals surface area (Å²) >= 11 is 0. The van der Waals surface area contributed by atoms with Crippen molar-refractivity contribution in [1.29, 1.82) is 0 Å². The molecule has 1 rings (SSSR count). The Balaban J connectivity index is 2.72. The van der Waals surface area contributed by atoms with Crippen molar-refractivity contribution in [3.63, 3.8) is 0 Å². The maximum Gasteiger partial charge on any atom is 0.358 e. The second kappa shape index (κ2) is 6.31. The van der Waals surface area contributed by atoms with Gasteiger partial charge >= 0.3 is 12.0 Å². The van der Waals surface area contributed by atoms with Gasteiger partial charge in [0.05, 0.1) is 5.69 Å². The van der Waals surface area contributed by atoms with Crippen molar-refractivity contribution in [2.45, 2.75) is 39.4 Å². The average molecular weight is 298 g/mol. The van der Waals surface area contributed by atoms with Crippen LogP contribution in [0.2, 0.25) is 0 Å². The third-order valence-electron chi connectivity index (χ3n) is 2.27. The van der Waals surface area contributed by atoms with E-state index in [2.05, 4.69) is 20.9 Å². The van der Waals surface area contributed by atoms with Gasteiger partial charge in [-0.05, 0) is 20.8 Å². The van der Waals surface area contributed by atoms with Gasteiger partial charge < -0.3 is 16.2 Å². The number of carbonyl (C=O) groups is 3. The smallest absolute Gasteiger partial charge is 0.358 e. The Morgan fingerprint density at radius 2 is 1.95 bits per heavy atom. The highest BCUT2D eigenvalue weighted by Gasteiger charge is 2.20. The van der Waals surface area contributed by atoms with Crippen LogP contribution in [0.25, 0.3) is 0 Å². The van der Waals surface area contributed by atoms with Gasteiger partial charge in [0.1, 0.15) is 6.54 Å². The van der Waals surface area contributed by atoms with E-state index in [1.54, 1.807) is 20.8 Å². The number of imide groups is 1. The molecule has 3 amide bonds. The Hall–Kier alpha value is -2.49. The summed E-state index contributed by atoms with van der Waals surface area (Å²) in [5.41, 5.74) is 4.72. The molecule has 1 heterocycles. The maximum atomic E-state index is 11.7. The Morgan fingerprint density at radius 1 is 1.33 bits per heavy atom. The third kappa shape index (κ3) is 4.84. The monoisotopic (exact) mass is 298 g/mol. The predicted octanol–water partition coefficient (Wildman–Crippen LogP) is -0.941. The molecule has 0 aliphatic heterocycles. The van der Waals surface area contributed by atoms with Gasteiger partial charge in [0, 0.05) is 12.1 Å². The first-order valence-corrected chi connectivity index (χ1v) is 6.11. The standard InChI is InChI=1S/C11H18N6O4/c1-11(2,3)14-10(21)13-7(18)5-17-6(4-12)8(9(19)20)15-16-17/h4-5,12H2,1-3H3,(H,19,20)(H2,13,14,18,21). The van der Waals surface area contributed by atoms with E-state index in [0.717, 1.165) is 4.68 Å². The lowest BCUT2D eigenvalue weighted by Crippen LogP contribution is -2.49. The zero-order chi connectivity index (χ0) is 16.2. The first kappa shape index (κ1) is 16.6. The van der Waals surface area contributed by atoms with E-state index in [4.69, 9.17) is 10.8 Å². The molecular formula is C11H18N6O4. The van der Waals surface area contributed by atoms with Crippen LogP contribution in [0.15, 0.2) is 0 Å². The van der Waals surface area contributed by atoms with E-state index in [1.165, 1.54) is 0 Å². The third-order valence-corrected chi connectivity index (χ3v) is 2.27. The molecule has 5 N–H and O–H groups in total. The van der Waals surface area contributed by atoms with Crippen molar-refractivity contribution in [3.05, 3.63) is 11.4 Å². The van der Waals surface area contributed by atoms with Gasteiger partial charge in [-0.1, -0.05) is 5.21 Å². The van der Waals surface area contributed by atoms with Gasteiger partial charge in [-0.2, -0.15) is 0 Å². The highest BCUT2D eigenvalue weighted by atomic mass is 16.4. The van der Waals surface area contributed by atoms with Crippen molar-refractivity contribution in [2.75, 3.05) is 0 Å². The van der Waals surface area contributed by atoms with Crippen LogP contribution in [0.1, 0.15) is 37.0 Å². The molecule has 0 radical (unpaired) electrons. The van der Waals surface area contributed by atoms with Crippen LogP contribution in [0, 0.1) is 0 Å². The summed E-state index contributed by atoms with van der Waals surface area (Å²) in [7, 11) is 0. The lowest BCUT2D eigenvalue weighted by molar-refractivity contribution is -0.120. The number of aromatic carboxylic acids is 1. The zero-order valence-electron chi connectivity index (χ0n) is 12.0. The molecule has 1 aromatic rings. The molecule has 21 heavy (non-hydrogen) atoms. The number of nitrogens with two attached hydrogens (primary N) is 1. The molecule has 0 saturated heterocycles. The van der Waals surface area contributed by atoms with Crippen LogP contribution in [0.4, 0.5) is 4.79 Å². The van der Waals surface area contributed by atoms with Crippen molar-refractivity contribution >= 4 is 17.9 Å². The quantitative estimate of drug-likeness (QED) is 0.559. The van der Waals surface area contributed by atoms with Crippen LogP contribution in [-0.2, 0) is 17.9 Å². The summed E-state index contributed by atoms with van der Waals surface area (Å²) in [6, 6.07) is -0.652. The summed E-state index contributed by atoms with van der Waals surface area (Å²) < 4.78 is 1.04. The van der Waals surface area contributed by atoms with E-state index in [9.17, 15) is 14.4 Å². The van der Waals surface area contributed by atoms with Crippen LogP contribution in [-0.4, -0.2) is 43.5 Å². The van der Waals surface area contributed by atoms with E-state index in [1.807, 2.05) is 0 Å². The van der Waals surface area contributed by atoms with Crippen molar-refractivity contribution in [1.82, 2.24) is 25.6 Å². The fraction of sp³-hybridized carbons (Fsp3) is 0.545. The number of aromatic nitrogens is 3. The van der Waals surface area contributed by atoms with Gasteiger partial charge in [0.2, 0.25) is 5.91 Å². The van der Waals surface area contributed by atoms with Crippen LogP contribution >= 0.6 is 0 Å². The number of amides is 3. The summed E-state index contributed by atoms with van der Waals surface area (Å²) in [5, 5.41) is 20.5. The molecule has 0 spiro atoms. The molecule has 10 nitrogen and oxygen atoms in total. The minimum absolute atomic E-state index is 0.105. The highest BCUT2D eigenvalue weighted by molar-refractivity contribution is 5.94. The molecule has 116 valence electrons. The number of carboxylic acid groups (broad SMARTS) is 1. The Morgan fingerprint density at radius 3 is 2.43 bits per heavy atom. The molecule has 0 saturated carbocycles. The Bertz CT molecular complexity index is 560. The van der Waals surface area contributed by atoms with Crippen molar-refractivity contribution in [2.24, 2.45) is 5.73 Å². The van der Waals surface area contributed by atoms with Crippen LogP contribution in [0.5, 0.6) is 0 Å². The van der Waals surface area contributed by atoms with Gasteiger partial charge in [-0.15, -0.1) is 5.10 Å². The highest BCUT2D eigenvalue weighted by Crippen LogP contribution is 2.04. The predicted molar refractivity (Wildman–Crippen MR) is 71.3 cm³/mol. The van der Waals surface area contributed by atoms with Crippen LogP contribution in [0.3, 0.4) is 0 Å². The number of rotatable bonds is 4. The molecule has 10 heteroatoms. The van der Waals surface area contributed by atoms with E-state index >= 15 is 0 Å².